The van der Waals surface area contributed by atoms with Crippen LogP contribution in [-0.4, -0.2) is 41.8 Å². The zero-order chi connectivity index (χ0) is 13.5. The molecular formula is C11H18ClN3O3. The highest BCUT2D eigenvalue weighted by Crippen LogP contribution is 2.15. The molecule has 0 amide bonds. The van der Waals surface area contributed by atoms with Gasteiger partial charge in [-0.1, -0.05) is 18.5 Å². The minimum atomic E-state index is -0.407. The molecule has 1 atom stereocenters. The fraction of sp³-hybridized carbons (Fsp3) is 0.636. The zero-order valence-electron chi connectivity index (χ0n) is 10.5. The third kappa shape index (κ3) is 3.97. The van der Waals surface area contributed by atoms with E-state index in [9.17, 15) is 4.79 Å². The maximum absolute atomic E-state index is 11.7. The van der Waals surface area contributed by atoms with Crippen LogP contribution in [0.25, 0.3) is 0 Å². The van der Waals surface area contributed by atoms with E-state index in [-0.39, 0.29) is 18.2 Å². The van der Waals surface area contributed by atoms with Gasteiger partial charge >= 0.3 is 0 Å². The number of methoxy groups -OCH3 is 1. The fourth-order valence-electron chi connectivity index (χ4n) is 1.47. The summed E-state index contributed by atoms with van der Waals surface area (Å²) in [6.45, 7) is 3.27. The Morgan fingerprint density at radius 2 is 2.39 bits per heavy atom. The molecule has 1 rings (SSSR count). The first-order chi connectivity index (χ1) is 8.60. The first kappa shape index (κ1) is 14.9. The number of hydrogen-bond donors (Lipinski definition) is 2. The maximum Gasteiger partial charge on any atom is 0.287 e. The number of ether oxygens (including phenoxy) is 1. The van der Waals surface area contributed by atoms with Crippen molar-refractivity contribution in [1.82, 2.24) is 9.78 Å². The summed E-state index contributed by atoms with van der Waals surface area (Å²) in [6, 6.07) is 0. The molecule has 2 N–H and O–H groups in total. The molecule has 0 aliphatic carbocycles. The summed E-state index contributed by atoms with van der Waals surface area (Å²) in [6.07, 6.45) is 1.49. The summed E-state index contributed by atoms with van der Waals surface area (Å²) in [5.41, 5.74) is 0.0916. The Morgan fingerprint density at radius 1 is 1.67 bits per heavy atom. The molecule has 1 heterocycles. The van der Waals surface area contributed by atoms with Gasteiger partial charge in [-0.25, -0.2) is 4.68 Å². The largest absolute Gasteiger partial charge is 0.394 e. The number of halogens is 1. The van der Waals surface area contributed by atoms with E-state index < -0.39 is 5.56 Å². The average molecular weight is 276 g/mol. The van der Waals surface area contributed by atoms with Crippen LogP contribution in [0.3, 0.4) is 0 Å². The van der Waals surface area contributed by atoms with Gasteiger partial charge in [0.2, 0.25) is 0 Å². The average Bonchev–Trinajstić information content (AvgIpc) is 2.35. The molecule has 0 aliphatic rings. The van der Waals surface area contributed by atoms with Crippen LogP contribution < -0.4 is 10.9 Å². The quantitative estimate of drug-likeness (QED) is 0.761. The van der Waals surface area contributed by atoms with Crippen LogP contribution in [0.2, 0.25) is 5.02 Å². The van der Waals surface area contributed by atoms with Gasteiger partial charge in [-0.05, 0) is 5.92 Å². The molecule has 1 aromatic rings. The third-order valence-corrected chi connectivity index (χ3v) is 2.75. The van der Waals surface area contributed by atoms with Crippen LogP contribution in [0, 0.1) is 5.92 Å². The van der Waals surface area contributed by atoms with Gasteiger partial charge in [0, 0.05) is 13.7 Å². The van der Waals surface area contributed by atoms with E-state index in [1.54, 1.807) is 7.11 Å². The summed E-state index contributed by atoms with van der Waals surface area (Å²) >= 11 is 5.95. The number of aliphatic hydroxyl groups excluding tert-OH is 1. The van der Waals surface area contributed by atoms with Crippen molar-refractivity contribution >= 4 is 17.3 Å². The number of aromatic nitrogens is 2. The number of hydrogen-bond acceptors (Lipinski definition) is 5. The molecule has 0 aromatic carbocycles. The predicted octanol–water partition coefficient (Wildman–Crippen LogP) is 0.583. The topological polar surface area (TPSA) is 76.4 Å². The van der Waals surface area contributed by atoms with Gasteiger partial charge in [-0.3, -0.25) is 4.79 Å². The van der Waals surface area contributed by atoms with Crippen LogP contribution in [0.1, 0.15) is 6.92 Å². The highest BCUT2D eigenvalue weighted by atomic mass is 35.5. The Morgan fingerprint density at radius 3 is 3.00 bits per heavy atom. The minimum absolute atomic E-state index is 0.0862. The lowest BCUT2D eigenvalue weighted by Crippen LogP contribution is -2.26. The molecule has 18 heavy (non-hydrogen) atoms. The van der Waals surface area contributed by atoms with Gasteiger partial charge in [-0.2, -0.15) is 5.10 Å². The van der Waals surface area contributed by atoms with Gasteiger partial charge in [-0.15, -0.1) is 0 Å². The van der Waals surface area contributed by atoms with Crippen LogP contribution in [0.15, 0.2) is 11.0 Å². The van der Waals surface area contributed by atoms with E-state index >= 15 is 0 Å². The molecule has 7 heteroatoms. The molecule has 1 aromatic heterocycles. The van der Waals surface area contributed by atoms with Crippen molar-refractivity contribution in [2.45, 2.75) is 13.5 Å². The van der Waals surface area contributed by atoms with Gasteiger partial charge in [0.25, 0.3) is 5.56 Å². The Hall–Kier alpha value is -1.11. The second kappa shape index (κ2) is 7.35. The van der Waals surface area contributed by atoms with E-state index in [0.29, 0.717) is 24.8 Å². The number of nitrogens with zero attached hydrogens (tertiary/aromatic N) is 2. The molecule has 0 radical (unpaired) electrons. The van der Waals surface area contributed by atoms with E-state index in [2.05, 4.69) is 10.4 Å². The Labute approximate surface area is 111 Å². The van der Waals surface area contributed by atoms with Crippen molar-refractivity contribution in [3.05, 3.63) is 21.6 Å². The lowest BCUT2D eigenvalue weighted by atomic mass is 10.2. The first-order valence-electron chi connectivity index (χ1n) is 5.69. The van der Waals surface area contributed by atoms with Gasteiger partial charge < -0.3 is 15.2 Å². The second-order valence-electron chi connectivity index (χ2n) is 4.07. The van der Waals surface area contributed by atoms with Gasteiger partial charge in [0.05, 0.1) is 31.6 Å². The molecule has 0 aliphatic heterocycles. The summed E-state index contributed by atoms with van der Waals surface area (Å²) in [5, 5.41) is 15.8. The molecule has 0 saturated heterocycles. The van der Waals surface area contributed by atoms with Gasteiger partial charge in [0.1, 0.15) is 5.02 Å². The SMILES string of the molecule is COCC(C)CNc1cnn(CCO)c(=O)c1Cl. The zero-order valence-corrected chi connectivity index (χ0v) is 11.3. The number of nitrogens with one attached hydrogen (secondary N) is 1. The molecule has 1 unspecified atom stereocenters. The summed E-state index contributed by atoms with van der Waals surface area (Å²) in [4.78, 5) is 11.7. The van der Waals surface area contributed by atoms with Crippen LogP contribution >= 0.6 is 11.6 Å². The number of aliphatic hydroxyl groups is 1. The number of anilines is 1. The predicted molar refractivity (Wildman–Crippen MR) is 70.1 cm³/mol. The van der Waals surface area contributed by atoms with Crippen molar-refractivity contribution in [1.29, 1.82) is 0 Å². The molecule has 102 valence electrons. The van der Waals surface area contributed by atoms with Crippen molar-refractivity contribution in [2.24, 2.45) is 5.92 Å². The molecule has 6 nitrogen and oxygen atoms in total. The Bertz CT molecular complexity index is 436. The third-order valence-electron chi connectivity index (χ3n) is 2.39. The van der Waals surface area contributed by atoms with Crippen LogP contribution in [-0.2, 0) is 11.3 Å². The number of rotatable bonds is 7. The Balaban J connectivity index is 2.73. The highest BCUT2D eigenvalue weighted by Gasteiger charge is 2.09. The molecule has 0 spiro atoms. The van der Waals surface area contributed by atoms with Crippen LogP contribution in [0.4, 0.5) is 5.69 Å². The smallest absolute Gasteiger partial charge is 0.287 e. The fourth-order valence-corrected chi connectivity index (χ4v) is 1.68. The summed E-state index contributed by atoms with van der Waals surface area (Å²) < 4.78 is 6.15. The van der Waals surface area contributed by atoms with E-state index in [4.69, 9.17) is 21.4 Å². The highest BCUT2D eigenvalue weighted by molar-refractivity contribution is 6.32. The van der Waals surface area contributed by atoms with Crippen molar-refractivity contribution in [3.8, 4) is 0 Å². The van der Waals surface area contributed by atoms with Crippen molar-refractivity contribution in [3.63, 3.8) is 0 Å². The maximum atomic E-state index is 11.7. The monoisotopic (exact) mass is 275 g/mol. The minimum Gasteiger partial charge on any atom is -0.394 e. The normalized spacial score (nSPS) is 12.4. The van der Waals surface area contributed by atoms with Crippen LogP contribution in [0.5, 0.6) is 0 Å². The summed E-state index contributed by atoms with van der Waals surface area (Å²) in [5.74, 6) is 0.297. The van der Waals surface area contributed by atoms with E-state index in [1.807, 2.05) is 6.92 Å². The lowest BCUT2D eigenvalue weighted by molar-refractivity contribution is 0.164. The first-order valence-corrected chi connectivity index (χ1v) is 6.07. The summed E-state index contributed by atoms with van der Waals surface area (Å²) in [7, 11) is 1.64. The second-order valence-corrected chi connectivity index (χ2v) is 4.44. The van der Waals surface area contributed by atoms with E-state index in [0.717, 1.165) is 4.68 Å². The van der Waals surface area contributed by atoms with Crippen molar-refractivity contribution < 1.29 is 9.84 Å². The molecule has 0 bridgehead atoms. The van der Waals surface area contributed by atoms with Gasteiger partial charge in [0.15, 0.2) is 0 Å². The lowest BCUT2D eigenvalue weighted by Gasteiger charge is -2.13. The molecule has 0 saturated carbocycles. The Kier molecular flexibility index (Phi) is 6.11. The standard InChI is InChI=1S/C11H18ClN3O3/c1-8(7-18-2)5-13-9-6-14-15(3-4-16)11(17)10(9)12/h6,8,13,16H,3-5,7H2,1-2H3. The van der Waals surface area contributed by atoms with E-state index in [1.165, 1.54) is 6.20 Å². The van der Waals surface area contributed by atoms with Crippen molar-refractivity contribution in [2.75, 3.05) is 32.2 Å². The molecule has 0 fully saturated rings. The molecular weight excluding hydrogens is 258 g/mol.